The predicted octanol–water partition coefficient (Wildman–Crippen LogP) is -0.0910. The molecule has 1 rings (SSSR count). The first-order chi connectivity index (χ1) is 6.11. The van der Waals surface area contributed by atoms with Gasteiger partial charge in [-0.05, 0) is 12.8 Å². The van der Waals surface area contributed by atoms with Gasteiger partial charge in [-0.15, -0.1) is 0 Å². The molecule has 1 amide bonds. The number of halogens is 1. The van der Waals surface area contributed by atoms with E-state index in [1.54, 1.807) is 6.92 Å². The SMILES string of the molecule is CC#CC(=O)N1CC[C@@](F)(CN)C1. The second kappa shape index (κ2) is 3.75. The van der Waals surface area contributed by atoms with Gasteiger partial charge in [-0.3, -0.25) is 4.79 Å². The molecule has 1 aliphatic rings. The Morgan fingerprint density at radius 1 is 1.77 bits per heavy atom. The van der Waals surface area contributed by atoms with Gasteiger partial charge in [0.25, 0.3) is 5.91 Å². The molecule has 0 aromatic heterocycles. The largest absolute Gasteiger partial charge is 0.329 e. The van der Waals surface area contributed by atoms with Gasteiger partial charge in [-0.2, -0.15) is 0 Å². The molecule has 72 valence electrons. The second-order valence-electron chi connectivity index (χ2n) is 3.21. The van der Waals surface area contributed by atoms with Gasteiger partial charge in [0.05, 0.1) is 6.54 Å². The number of likely N-dealkylation sites (tertiary alicyclic amines) is 1. The van der Waals surface area contributed by atoms with Crippen molar-refractivity contribution >= 4 is 5.91 Å². The zero-order valence-electron chi connectivity index (χ0n) is 7.64. The van der Waals surface area contributed by atoms with Crippen LogP contribution in [0.15, 0.2) is 0 Å². The van der Waals surface area contributed by atoms with Crippen LogP contribution in [0.25, 0.3) is 0 Å². The first-order valence-corrected chi connectivity index (χ1v) is 4.22. The Bertz CT molecular complexity index is 269. The summed E-state index contributed by atoms with van der Waals surface area (Å²) in [6, 6.07) is 0. The molecule has 0 aromatic rings. The summed E-state index contributed by atoms with van der Waals surface area (Å²) in [7, 11) is 0. The van der Waals surface area contributed by atoms with Crippen molar-refractivity contribution in [2.75, 3.05) is 19.6 Å². The van der Waals surface area contributed by atoms with Gasteiger partial charge in [0, 0.05) is 19.5 Å². The highest BCUT2D eigenvalue weighted by Gasteiger charge is 2.38. The van der Waals surface area contributed by atoms with Gasteiger partial charge in [0.2, 0.25) is 0 Å². The summed E-state index contributed by atoms with van der Waals surface area (Å²) >= 11 is 0. The van der Waals surface area contributed by atoms with Crippen LogP contribution in [0.2, 0.25) is 0 Å². The van der Waals surface area contributed by atoms with Crippen LogP contribution in [-0.4, -0.2) is 36.1 Å². The highest BCUT2D eigenvalue weighted by atomic mass is 19.1. The molecule has 0 aliphatic carbocycles. The lowest BCUT2D eigenvalue weighted by atomic mass is 10.1. The van der Waals surface area contributed by atoms with E-state index in [1.807, 2.05) is 0 Å². The molecule has 0 radical (unpaired) electrons. The number of carbonyl (C=O) groups excluding carboxylic acids is 1. The van der Waals surface area contributed by atoms with Gasteiger partial charge in [-0.25, -0.2) is 4.39 Å². The topological polar surface area (TPSA) is 46.3 Å². The molecule has 4 heteroatoms. The van der Waals surface area contributed by atoms with Crippen molar-refractivity contribution in [2.24, 2.45) is 5.73 Å². The number of alkyl halides is 1. The van der Waals surface area contributed by atoms with E-state index in [1.165, 1.54) is 4.90 Å². The van der Waals surface area contributed by atoms with E-state index in [4.69, 9.17) is 5.73 Å². The van der Waals surface area contributed by atoms with Crippen molar-refractivity contribution in [3.8, 4) is 11.8 Å². The lowest BCUT2D eigenvalue weighted by molar-refractivity contribution is -0.124. The average molecular weight is 184 g/mol. The van der Waals surface area contributed by atoms with E-state index >= 15 is 0 Å². The van der Waals surface area contributed by atoms with Crippen LogP contribution in [0, 0.1) is 11.8 Å². The summed E-state index contributed by atoms with van der Waals surface area (Å²) < 4.78 is 13.5. The first-order valence-electron chi connectivity index (χ1n) is 4.22. The zero-order chi connectivity index (χ0) is 9.90. The van der Waals surface area contributed by atoms with Crippen molar-refractivity contribution < 1.29 is 9.18 Å². The first kappa shape index (κ1) is 10.0. The fourth-order valence-electron chi connectivity index (χ4n) is 1.36. The Morgan fingerprint density at radius 2 is 2.46 bits per heavy atom. The number of hydrogen-bond acceptors (Lipinski definition) is 2. The van der Waals surface area contributed by atoms with Crippen molar-refractivity contribution in [3.05, 3.63) is 0 Å². The van der Waals surface area contributed by atoms with E-state index in [-0.39, 0.29) is 19.0 Å². The van der Waals surface area contributed by atoms with E-state index in [0.29, 0.717) is 13.0 Å². The number of hydrogen-bond donors (Lipinski definition) is 1. The standard InChI is InChI=1S/C9H13FN2O/c1-2-3-8(13)12-5-4-9(10,6-11)7-12/h4-7,11H2,1H3/t9-/m1/s1. The van der Waals surface area contributed by atoms with Crippen LogP contribution >= 0.6 is 0 Å². The monoisotopic (exact) mass is 184 g/mol. The Morgan fingerprint density at radius 3 is 2.92 bits per heavy atom. The summed E-state index contributed by atoms with van der Waals surface area (Å²) in [5.41, 5.74) is 3.86. The molecule has 0 unspecified atom stereocenters. The third kappa shape index (κ3) is 2.19. The lowest BCUT2D eigenvalue weighted by Gasteiger charge is -2.17. The number of nitrogens with zero attached hydrogens (tertiary/aromatic N) is 1. The molecule has 0 spiro atoms. The normalized spacial score (nSPS) is 26.8. The summed E-state index contributed by atoms with van der Waals surface area (Å²) in [5, 5.41) is 0. The Balaban J connectivity index is 2.58. The van der Waals surface area contributed by atoms with Crippen LogP contribution in [0.4, 0.5) is 4.39 Å². The Kier molecular flexibility index (Phi) is 2.89. The fraction of sp³-hybridized carbons (Fsp3) is 0.667. The smallest absolute Gasteiger partial charge is 0.298 e. The summed E-state index contributed by atoms with van der Waals surface area (Å²) in [4.78, 5) is 12.6. The maximum Gasteiger partial charge on any atom is 0.298 e. The third-order valence-electron chi connectivity index (χ3n) is 2.19. The lowest BCUT2D eigenvalue weighted by Crippen LogP contribution is -2.37. The van der Waals surface area contributed by atoms with Crippen LogP contribution in [0.5, 0.6) is 0 Å². The van der Waals surface area contributed by atoms with Crippen molar-refractivity contribution in [3.63, 3.8) is 0 Å². The summed E-state index contributed by atoms with van der Waals surface area (Å²) in [5.74, 6) is 4.56. The van der Waals surface area contributed by atoms with Gasteiger partial charge in [0.1, 0.15) is 5.67 Å². The maximum absolute atomic E-state index is 13.5. The molecule has 1 heterocycles. The zero-order valence-corrected chi connectivity index (χ0v) is 7.64. The fourth-order valence-corrected chi connectivity index (χ4v) is 1.36. The quantitative estimate of drug-likeness (QED) is 0.579. The highest BCUT2D eigenvalue weighted by Crippen LogP contribution is 2.23. The molecule has 1 aliphatic heterocycles. The van der Waals surface area contributed by atoms with Crippen LogP contribution in [0.1, 0.15) is 13.3 Å². The number of nitrogens with two attached hydrogens (primary N) is 1. The molecule has 1 atom stereocenters. The van der Waals surface area contributed by atoms with Crippen molar-refractivity contribution in [2.45, 2.75) is 19.0 Å². The number of amides is 1. The number of rotatable bonds is 1. The van der Waals surface area contributed by atoms with E-state index in [0.717, 1.165) is 0 Å². The molecular weight excluding hydrogens is 171 g/mol. The van der Waals surface area contributed by atoms with Gasteiger partial charge in [-0.1, -0.05) is 5.92 Å². The molecule has 1 saturated heterocycles. The van der Waals surface area contributed by atoms with Crippen molar-refractivity contribution in [1.82, 2.24) is 4.90 Å². The third-order valence-corrected chi connectivity index (χ3v) is 2.19. The molecule has 3 nitrogen and oxygen atoms in total. The average Bonchev–Trinajstić information content (AvgIpc) is 2.50. The van der Waals surface area contributed by atoms with Crippen LogP contribution < -0.4 is 5.73 Å². The number of carbonyl (C=O) groups is 1. The summed E-state index contributed by atoms with van der Waals surface area (Å²) in [6.07, 6.45) is 0.320. The minimum Gasteiger partial charge on any atom is -0.329 e. The molecule has 1 fully saturated rings. The Labute approximate surface area is 77.1 Å². The molecule has 0 aromatic carbocycles. The van der Waals surface area contributed by atoms with E-state index < -0.39 is 5.67 Å². The highest BCUT2D eigenvalue weighted by molar-refractivity contribution is 5.93. The molecule has 0 bridgehead atoms. The minimum atomic E-state index is -1.40. The van der Waals surface area contributed by atoms with Gasteiger partial charge >= 0.3 is 0 Å². The van der Waals surface area contributed by atoms with Gasteiger partial charge in [0.15, 0.2) is 0 Å². The Hall–Kier alpha value is -1.08. The predicted molar refractivity (Wildman–Crippen MR) is 47.5 cm³/mol. The van der Waals surface area contributed by atoms with Gasteiger partial charge < -0.3 is 10.6 Å². The molecule has 13 heavy (non-hydrogen) atoms. The molecule has 2 N–H and O–H groups in total. The van der Waals surface area contributed by atoms with Crippen LogP contribution in [-0.2, 0) is 4.79 Å². The van der Waals surface area contributed by atoms with Crippen LogP contribution in [0.3, 0.4) is 0 Å². The van der Waals surface area contributed by atoms with Crippen molar-refractivity contribution in [1.29, 1.82) is 0 Å². The van der Waals surface area contributed by atoms with E-state index in [2.05, 4.69) is 11.8 Å². The summed E-state index contributed by atoms with van der Waals surface area (Å²) in [6.45, 7) is 2.05. The molecule has 0 saturated carbocycles. The van der Waals surface area contributed by atoms with E-state index in [9.17, 15) is 9.18 Å². The second-order valence-corrected chi connectivity index (χ2v) is 3.21. The maximum atomic E-state index is 13.5. The molecular formula is C9H13FN2O. The minimum absolute atomic E-state index is 0.0314.